The number of rotatable bonds is 6. The Labute approximate surface area is 143 Å². The smallest absolute Gasteiger partial charge is 0.252 e. The second kappa shape index (κ2) is 8.11. The summed E-state index contributed by atoms with van der Waals surface area (Å²) in [5.74, 6) is -0.0413. The van der Waals surface area contributed by atoms with Gasteiger partial charge in [-0.05, 0) is 51.7 Å². The zero-order valence-electron chi connectivity index (χ0n) is 14.1. The quantitative estimate of drug-likeness (QED) is 0.830. The molecule has 5 nitrogen and oxygen atoms in total. The molecular weight excluding hydrogens is 314 g/mol. The molecule has 1 fully saturated rings. The molecule has 1 unspecified atom stereocenters. The highest BCUT2D eigenvalue weighted by Crippen LogP contribution is 2.27. The molecule has 23 heavy (non-hydrogen) atoms. The van der Waals surface area contributed by atoms with Crippen molar-refractivity contribution in [2.24, 2.45) is 0 Å². The summed E-state index contributed by atoms with van der Waals surface area (Å²) in [7, 11) is 5.58. The molecule has 1 heterocycles. The topological polar surface area (TPSA) is 53.6 Å². The summed E-state index contributed by atoms with van der Waals surface area (Å²) >= 11 is 6.31. The van der Waals surface area contributed by atoms with Gasteiger partial charge in [0.1, 0.15) is 5.60 Å². The Balaban J connectivity index is 2.07. The lowest BCUT2D eigenvalue weighted by Crippen LogP contribution is -2.55. The van der Waals surface area contributed by atoms with Crippen LogP contribution in [0.4, 0.5) is 0 Å². The van der Waals surface area contributed by atoms with E-state index in [4.69, 9.17) is 16.3 Å². The molecule has 1 amide bonds. The first-order chi connectivity index (χ1) is 11.0. The van der Waals surface area contributed by atoms with Crippen molar-refractivity contribution in [1.82, 2.24) is 15.5 Å². The van der Waals surface area contributed by atoms with Crippen LogP contribution in [0, 0.1) is 0 Å². The Morgan fingerprint density at radius 2 is 2.04 bits per heavy atom. The molecule has 0 saturated carbocycles. The van der Waals surface area contributed by atoms with Gasteiger partial charge < -0.3 is 20.3 Å². The maximum absolute atomic E-state index is 12.7. The monoisotopic (exact) mass is 339 g/mol. The zero-order chi connectivity index (χ0) is 16.9. The number of ether oxygens (including phenoxy) is 1. The van der Waals surface area contributed by atoms with E-state index >= 15 is 0 Å². The van der Waals surface area contributed by atoms with E-state index in [9.17, 15) is 4.79 Å². The molecule has 128 valence electrons. The second-order valence-electron chi connectivity index (χ2n) is 6.16. The molecule has 1 saturated heterocycles. The fourth-order valence-corrected chi connectivity index (χ4v) is 3.28. The third-order valence-electron chi connectivity index (χ3n) is 4.56. The van der Waals surface area contributed by atoms with Crippen molar-refractivity contribution in [3.63, 3.8) is 0 Å². The maximum Gasteiger partial charge on any atom is 0.252 e. The molecule has 0 aliphatic carbocycles. The van der Waals surface area contributed by atoms with Crippen LogP contribution in [-0.4, -0.2) is 57.2 Å². The van der Waals surface area contributed by atoms with Gasteiger partial charge in [-0.15, -0.1) is 0 Å². The summed E-state index contributed by atoms with van der Waals surface area (Å²) in [5.41, 5.74) is 0.291. The van der Waals surface area contributed by atoms with Gasteiger partial charge in [-0.1, -0.05) is 29.8 Å². The van der Waals surface area contributed by atoms with Gasteiger partial charge in [0.2, 0.25) is 0 Å². The summed E-state index contributed by atoms with van der Waals surface area (Å²) in [6.45, 7) is 2.08. The van der Waals surface area contributed by atoms with Gasteiger partial charge in [-0.25, -0.2) is 0 Å². The number of carbonyl (C=O) groups is 1. The van der Waals surface area contributed by atoms with Gasteiger partial charge in [-0.3, -0.25) is 4.79 Å². The number of amides is 1. The number of methoxy groups -OCH3 is 1. The first kappa shape index (κ1) is 18.2. The first-order valence-electron chi connectivity index (χ1n) is 7.95. The molecule has 0 spiro atoms. The fourth-order valence-electron chi connectivity index (χ4n) is 3.02. The van der Waals surface area contributed by atoms with E-state index in [1.807, 2.05) is 38.4 Å². The third-order valence-corrected chi connectivity index (χ3v) is 4.90. The number of carbonyl (C=O) groups excluding carboxylic acids is 1. The molecule has 6 heteroatoms. The van der Waals surface area contributed by atoms with Crippen LogP contribution in [-0.2, 0) is 9.53 Å². The number of piperidine rings is 1. The lowest BCUT2D eigenvalue weighted by Gasteiger charge is -2.35. The molecule has 2 rings (SSSR count). The van der Waals surface area contributed by atoms with Crippen molar-refractivity contribution in [2.75, 3.05) is 40.8 Å². The number of nitrogens with zero attached hydrogens (tertiary/aromatic N) is 1. The average Bonchev–Trinajstić information content (AvgIpc) is 2.56. The van der Waals surface area contributed by atoms with Crippen LogP contribution in [0.2, 0.25) is 5.02 Å². The average molecular weight is 340 g/mol. The van der Waals surface area contributed by atoms with E-state index in [0.29, 0.717) is 24.4 Å². The van der Waals surface area contributed by atoms with E-state index in [0.717, 1.165) is 18.7 Å². The van der Waals surface area contributed by atoms with Crippen molar-refractivity contribution in [2.45, 2.75) is 24.5 Å². The predicted octanol–water partition coefficient (Wildman–Crippen LogP) is 1.83. The zero-order valence-corrected chi connectivity index (χ0v) is 14.8. The molecule has 1 aromatic carbocycles. The molecule has 1 aromatic rings. The van der Waals surface area contributed by atoms with Crippen molar-refractivity contribution in [1.29, 1.82) is 0 Å². The van der Waals surface area contributed by atoms with Gasteiger partial charge in [-0.2, -0.15) is 0 Å². The number of nitrogens with one attached hydrogen (secondary N) is 2. The molecule has 0 aromatic heterocycles. The Bertz CT molecular complexity index is 530. The third kappa shape index (κ3) is 4.23. The van der Waals surface area contributed by atoms with E-state index in [2.05, 4.69) is 15.5 Å². The molecular formula is C17H26ClN3O2. The van der Waals surface area contributed by atoms with Gasteiger partial charge in [0, 0.05) is 18.7 Å². The number of hydrogen-bond acceptors (Lipinski definition) is 4. The Morgan fingerprint density at radius 3 is 2.61 bits per heavy atom. The van der Waals surface area contributed by atoms with Crippen LogP contribution in [0.5, 0.6) is 0 Å². The van der Waals surface area contributed by atoms with Crippen LogP contribution in [0.15, 0.2) is 24.3 Å². The van der Waals surface area contributed by atoms with E-state index in [-0.39, 0.29) is 11.9 Å². The van der Waals surface area contributed by atoms with Crippen LogP contribution < -0.4 is 10.6 Å². The number of halogens is 1. The van der Waals surface area contributed by atoms with Crippen LogP contribution in [0.1, 0.15) is 24.4 Å². The van der Waals surface area contributed by atoms with E-state index < -0.39 is 5.60 Å². The van der Waals surface area contributed by atoms with Crippen molar-refractivity contribution in [3.8, 4) is 0 Å². The molecule has 1 atom stereocenters. The summed E-state index contributed by atoms with van der Waals surface area (Å²) in [4.78, 5) is 14.7. The van der Waals surface area contributed by atoms with Crippen molar-refractivity contribution >= 4 is 17.5 Å². The minimum atomic E-state index is -0.720. The lowest BCUT2D eigenvalue weighted by molar-refractivity contribution is -0.146. The van der Waals surface area contributed by atoms with E-state index in [1.165, 1.54) is 0 Å². The number of likely N-dealkylation sites (N-methyl/N-ethyl adjacent to an activating group) is 1. The van der Waals surface area contributed by atoms with Gasteiger partial charge in [0.15, 0.2) is 0 Å². The highest BCUT2D eigenvalue weighted by Gasteiger charge is 2.39. The van der Waals surface area contributed by atoms with E-state index in [1.54, 1.807) is 7.11 Å². The van der Waals surface area contributed by atoms with Gasteiger partial charge in [0.25, 0.3) is 5.91 Å². The summed E-state index contributed by atoms with van der Waals surface area (Å²) in [5, 5.41) is 7.03. The predicted molar refractivity (Wildman–Crippen MR) is 92.7 cm³/mol. The first-order valence-corrected chi connectivity index (χ1v) is 8.33. The lowest BCUT2D eigenvalue weighted by atomic mass is 9.91. The van der Waals surface area contributed by atoms with Gasteiger partial charge in [0.05, 0.1) is 6.04 Å². The summed E-state index contributed by atoms with van der Waals surface area (Å²) in [6.07, 6.45) is 1.38. The second-order valence-corrected chi connectivity index (χ2v) is 6.57. The van der Waals surface area contributed by atoms with Crippen molar-refractivity contribution < 1.29 is 9.53 Å². The molecule has 1 aliphatic heterocycles. The minimum Gasteiger partial charge on any atom is -0.368 e. The fraction of sp³-hybridized carbons (Fsp3) is 0.588. The van der Waals surface area contributed by atoms with Crippen LogP contribution in [0.25, 0.3) is 0 Å². The maximum atomic E-state index is 12.7. The Hall–Kier alpha value is -1.14. The number of hydrogen-bond donors (Lipinski definition) is 2. The van der Waals surface area contributed by atoms with Crippen LogP contribution >= 0.6 is 11.6 Å². The molecule has 2 N–H and O–H groups in total. The Morgan fingerprint density at radius 1 is 1.39 bits per heavy atom. The standard InChI is InChI=1S/C17H26ClN3O2/c1-21(2)15(13-6-4-5-7-14(13)18)12-20-16(22)17(23-3)8-10-19-11-9-17/h4-7,15,19H,8-12H2,1-3H3,(H,20,22). The van der Waals surface area contributed by atoms with Crippen molar-refractivity contribution in [3.05, 3.63) is 34.9 Å². The largest absolute Gasteiger partial charge is 0.368 e. The minimum absolute atomic E-state index is 0.0169. The Kier molecular flexibility index (Phi) is 6.41. The molecule has 0 radical (unpaired) electrons. The number of benzene rings is 1. The normalized spacial score (nSPS) is 18.7. The summed E-state index contributed by atoms with van der Waals surface area (Å²) in [6, 6.07) is 7.76. The molecule has 0 bridgehead atoms. The highest BCUT2D eigenvalue weighted by molar-refractivity contribution is 6.31. The summed E-state index contributed by atoms with van der Waals surface area (Å²) < 4.78 is 5.57. The van der Waals surface area contributed by atoms with Crippen LogP contribution in [0.3, 0.4) is 0 Å². The SMILES string of the molecule is COC1(C(=O)NCC(c2ccccc2Cl)N(C)C)CCNCC1. The van der Waals surface area contributed by atoms with Gasteiger partial charge >= 0.3 is 0 Å². The molecule has 1 aliphatic rings. The highest BCUT2D eigenvalue weighted by atomic mass is 35.5.